The molecule has 0 radical (unpaired) electrons. The molecule has 3 aromatic rings. The monoisotopic (exact) mass is 382 g/mol. The minimum absolute atomic E-state index is 0.164. The van der Waals surface area contributed by atoms with Gasteiger partial charge in [0.1, 0.15) is 5.75 Å². The number of nitrogens with one attached hydrogen (secondary N) is 1. The Labute approximate surface area is 162 Å². The van der Waals surface area contributed by atoms with Crippen molar-refractivity contribution in [2.75, 3.05) is 12.9 Å². The van der Waals surface area contributed by atoms with Gasteiger partial charge in [-0.25, -0.2) is 10.4 Å². The lowest BCUT2D eigenvalue weighted by Crippen LogP contribution is -2.21. The third kappa shape index (κ3) is 4.49. The molecule has 0 aliphatic carbocycles. The fraction of sp³-hybridized carbons (Fsp3) is 0.250. The van der Waals surface area contributed by atoms with E-state index in [1.54, 1.807) is 7.11 Å². The van der Waals surface area contributed by atoms with Crippen LogP contribution in [0.25, 0.3) is 11.0 Å². The number of carbonyl (C=O) groups excluding carboxylic acids is 1. The molecule has 1 heterocycles. The molecule has 0 saturated carbocycles. The smallest absolute Gasteiger partial charge is 0.250 e. The Hall–Kier alpha value is -2.80. The Morgan fingerprint density at radius 3 is 2.67 bits per heavy atom. The van der Waals surface area contributed by atoms with Crippen molar-refractivity contribution < 1.29 is 9.53 Å². The molecule has 2 aromatic carbocycles. The van der Waals surface area contributed by atoms with Crippen LogP contribution in [-0.4, -0.2) is 34.0 Å². The molecule has 7 heteroatoms. The van der Waals surface area contributed by atoms with Crippen molar-refractivity contribution in [1.29, 1.82) is 0 Å². The SMILES string of the molecule is CCn1c(SCC(=O)N/N=C(\C)c2ccc(OC)cc2)nc2ccccc21. The number of benzene rings is 2. The van der Waals surface area contributed by atoms with Crippen LogP contribution in [0.5, 0.6) is 5.75 Å². The van der Waals surface area contributed by atoms with Crippen molar-refractivity contribution in [1.82, 2.24) is 15.0 Å². The lowest BCUT2D eigenvalue weighted by atomic mass is 10.1. The van der Waals surface area contributed by atoms with Crippen LogP contribution in [-0.2, 0) is 11.3 Å². The van der Waals surface area contributed by atoms with Crippen molar-refractivity contribution >= 4 is 34.4 Å². The van der Waals surface area contributed by atoms with Gasteiger partial charge in [0, 0.05) is 6.54 Å². The molecular weight excluding hydrogens is 360 g/mol. The largest absolute Gasteiger partial charge is 0.497 e. The minimum Gasteiger partial charge on any atom is -0.497 e. The number of para-hydroxylation sites is 2. The van der Waals surface area contributed by atoms with Crippen LogP contribution in [0.15, 0.2) is 58.8 Å². The molecule has 0 bridgehead atoms. The third-order valence-electron chi connectivity index (χ3n) is 4.12. The highest BCUT2D eigenvalue weighted by molar-refractivity contribution is 7.99. The van der Waals surface area contributed by atoms with Gasteiger partial charge in [-0.2, -0.15) is 5.10 Å². The van der Waals surface area contributed by atoms with E-state index in [9.17, 15) is 4.79 Å². The quantitative estimate of drug-likeness (QED) is 0.384. The van der Waals surface area contributed by atoms with Crippen molar-refractivity contribution in [2.24, 2.45) is 5.10 Å². The summed E-state index contributed by atoms with van der Waals surface area (Å²) in [6.07, 6.45) is 0. The van der Waals surface area contributed by atoms with E-state index in [2.05, 4.69) is 27.0 Å². The van der Waals surface area contributed by atoms with Gasteiger partial charge in [-0.3, -0.25) is 4.79 Å². The summed E-state index contributed by atoms with van der Waals surface area (Å²) in [5, 5.41) is 5.02. The molecule has 0 saturated heterocycles. The predicted octanol–water partition coefficient (Wildman–Crippen LogP) is 3.70. The van der Waals surface area contributed by atoms with E-state index in [-0.39, 0.29) is 11.7 Å². The summed E-state index contributed by atoms with van der Waals surface area (Å²) < 4.78 is 7.25. The Balaban J connectivity index is 1.61. The van der Waals surface area contributed by atoms with Crippen LogP contribution >= 0.6 is 11.8 Å². The Kier molecular flexibility index (Phi) is 6.13. The second-order valence-electron chi connectivity index (χ2n) is 5.88. The standard InChI is InChI=1S/C20H22N4O2S/c1-4-24-18-8-6-5-7-17(18)21-20(24)27-13-19(25)23-22-14(2)15-9-11-16(26-3)12-10-15/h5-12H,4,13H2,1-3H3,(H,23,25)/b22-14+. The molecule has 0 spiro atoms. The number of thioether (sulfide) groups is 1. The van der Waals surface area contributed by atoms with Gasteiger partial charge in [0.25, 0.3) is 5.91 Å². The van der Waals surface area contributed by atoms with E-state index < -0.39 is 0 Å². The Morgan fingerprint density at radius 2 is 1.96 bits per heavy atom. The molecule has 0 aliphatic rings. The normalized spacial score (nSPS) is 11.6. The number of hydrazone groups is 1. The number of carbonyl (C=O) groups is 1. The van der Waals surface area contributed by atoms with Gasteiger partial charge in [0.15, 0.2) is 5.16 Å². The fourth-order valence-corrected chi connectivity index (χ4v) is 3.55. The maximum absolute atomic E-state index is 12.2. The molecule has 1 amide bonds. The van der Waals surface area contributed by atoms with Crippen molar-refractivity contribution in [3.63, 3.8) is 0 Å². The van der Waals surface area contributed by atoms with Crippen LogP contribution in [0.4, 0.5) is 0 Å². The molecule has 0 unspecified atom stereocenters. The maximum Gasteiger partial charge on any atom is 0.250 e. The molecule has 27 heavy (non-hydrogen) atoms. The number of methoxy groups -OCH3 is 1. The molecule has 1 aromatic heterocycles. The van der Waals surface area contributed by atoms with E-state index in [4.69, 9.17) is 4.74 Å². The molecule has 6 nitrogen and oxygen atoms in total. The number of hydrogen-bond acceptors (Lipinski definition) is 5. The first-order chi connectivity index (χ1) is 13.1. The van der Waals surface area contributed by atoms with Crippen LogP contribution in [0.2, 0.25) is 0 Å². The van der Waals surface area contributed by atoms with Crippen molar-refractivity contribution in [3.05, 3.63) is 54.1 Å². The van der Waals surface area contributed by atoms with Gasteiger partial charge >= 0.3 is 0 Å². The summed E-state index contributed by atoms with van der Waals surface area (Å²) in [5.74, 6) is 0.872. The van der Waals surface area contributed by atoms with Gasteiger partial charge in [0.2, 0.25) is 0 Å². The molecule has 3 rings (SSSR count). The first kappa shape index (κ1) is 19.0. The summed E-state index contributed by atoms with van der Waals surface area (Å²) in [5.41, 5.74) is 6.29. The van der Waals surface area contributed by atoms with E-state index in [0.29, 0.717) is 0 Å². The lowest BCUT2D eigenvalue weighted by molar-refractivity contribution is -0.118. The Bertz CT molecular complexity index is 964. The molecule has 0 aliphatic heterocycles. The summed E-state index contributed by atoms with van der Waals surface area (Å²) in [7, 11) is 1.63. The van der Waals surface area contributed by atoms with E-state index in [1.165, 1.54) is 11.8 Å². The lowest BCUT2D eigenvalue weighted by Gasteiger charge is -2.06. The number of hydrogen-bond donors (Lipinski definition) is 1. The Morgan fingerprint density at radius 1 is 1.22 bits per heavy atom. The van der Waals surface area contributed by atoms with Crippen molar-refractivity contribution in [3.8, 4) is 5.75 Å². The molecule has 140 valence electrons. The number of fused-ring (bicyclic) bond motifs is 1. The van der Waals surface area contributed by atoms with Gasteiger partial charge < -0.3 is 9.30 Å². The van der Waals surface area contributed by atoms with Crippen LogP contribution < -0.4 is 10.2 Å². The topological polar surface area (TPSA) is 68.5 Å². The number of rotatable bonds is 7. The van der Waals surface area contributed by atoms with Gasteiger partial charge in [0.05, 0.1) is 29.6 Å². The zero-order valence-corrected chi connectivity index (χ0v) is 16.4. The van der Waals surface area contributed by atoms with Crippen LogP contribution in [0.1, 0.15) is 19.4 Å². The number of ether oxygens (including phenoxy) is 1. The zero-order chi connectivity index (χ0) is 19.2. The van der Waals surface area contributed by atoms with E-state index in [1.807, 2.05) is 55.5 Å². The maximum atomic E-state index is 12.2. The number of aromatic nitrogens is 2. The van der Waals surface area contributed by atoms with Gasteiger partial charge in [-0.15, -0.1) is 0 Å². The molecule has 0 atom stereocenters. The number of imidazole rings is 1. The second-order valence-corrected chi connectivity index (χ2v) is 6.82. The fourth-order valence-electron chi connectivity index (χ4n) is 2.67. The highest BCUT2D eigenvalue weighted by atomic mass is 32.2. The van der Waals surface area contributed by atoms with E-state index in [0.717, 1.165) is 39.8 Å². The number of aryl methyl sites for hydroxylation is 1. The summed E-state index contributed by atoms with van der Waals surface area (Å²) in [6.45, 7) is 4.73. The minimum atomic E-state index is -0.164. The highest BCUT2D eigenvalue weighted by Gasteiger charge is 2.11. The van der Waals surface area contributed by atoms with Crippen molar-refractivity contribution in [2.45, 2.75) is 25.5 Å². The van der Waals surface area contributed by atoms with E-state index >= 15 is 0 Å². The average Bonchev–Trinajstić information content (AvgIpc) is 3.08. The molecule has 0 fully saturated rings. The second kappa shape index (κ2) is 8.73. The highest BCUT2D eigenvalue weighted by Crippen LogP contribution is 2.23. The first-order valence-electron chi connectivity index (χ1n) is 8.68. The number of amides is 1. The van der Waals surface area contributed by atoms with Gasteiger partial charge in [-0.05, 0) is 55.8 Å². The summed E-state index contributed by atoms with van der Waals surface area (Å²) in [4.78, 5) is 16.8. The molecular formula is C20H22N4O2S. The molecule has 1 N–H and O–H groups in total. The first-order valence-corrected chi connectivity index (χ1v) is 9.66. The summed E-state index contributed by atoms with van der Waals surface area (Å²) >= 11 is 1.41. The van der Waals surface area contributed by atoms with Crippen LogP contribution in [0.3, 0.4) is 0 Å². The summed E-state index contributed by atoms with van der Waals surface area (Å²) in [6, 6.07) is 15.5. The van der Waals surface area contributed by atoms with Gasteiger partial charge in [-0.1, -0.05) is 23.9 Å². The third-order valence-corrected chi connectivity index (χ3v) is 5.10. The predicted molar refractivity (Wildman–Crippen MR) is 109 cm³/mol. The number of nitrogens with zero attached hydrogens (tertiary/aromatic N) is 3. The average molecular weight is 382 g/mol. The van der Waals surface area contributed by atoms with Crippen LogP contribution in [0, 0.1) is 0 Å². The zero-order valence-electron chi connectivity index (χ0n) is 15.6.